The number of methoxy groups -OCH3 is 2. The van der Waals surface area contributed by atoms with Crippen molar-refractivity contribution >= 4 is 58.8 Å². The van der Waals surface area contributed by atoms with Gasteiger partial charge in [0.05, 0.1) is 60.4 Å². The molecule has 6 atom stereocenters. The average molecular weight is 791 g/mol. The van der Waals surface area contributed by atoms with Gasteiger partial charge in [-0.05, 0) is 85.8 Å². The van der Waals surface area contributed by atoms with Gasteiger partial charge in [0.25, 0.3) is 0 Å². The van der Waals surface area contributed by atoms with Crippen molar-refractivity contribution in [3.8, 4) is 17.2 Å². The smallest absolute Gasteiger partial charge is 0.241 e. The number of anilines is 2. The molecule has 2 aliphatic heterocycles. The summed E-state index contributed by atoms with van der Waals surface area (Å²) in [5, 5.41) is 9.40. The molecule has 3 fully saturated rings. The molecule has 0 aromatic heterocycles. The van der Waals surface area contributed by atoms with E-state index < -0.39 is 52.6 Å². The van der Waals surface area contributed by atoms with Gasteiger partial charge in [0.15, 0.2) is 0 Å². The van der Waals surface area contributed by atoms with Crippen LogP contribution in [-0.2, 0) is 19.2 Å². The second-order valence-corrected chi connectivity index (χ2v) is 15.3. The molecule has 12 heteroatoms. The molecule has 2 heterocycles. The molecule has 10 nitrogen and oxygen atoms in total. The number of aliphatic hydroxyl groups is 1. The molecule has 292 valence electrons. The summed E-state index contributed by atoms with van der Waals surface area (Å²) in [6.45, 7) is 1.51. The van der Waals surface area contributed by atoms with Gasteiger partial charge in [-0.1, -0.05) is 65.7 Å². The number of imide groups is 2. The predicted octanol–water partition coefficient (Wildman–Crippen LogP) is 7.47. The number of rotatable bonds is 10. The van der Waals surface area contributed by atoms with E-state index in [-0.39, 0.29) is 48.6 Å². The zero-order valence-corrected chi connectivity index (χ0v) is 32.2. The second kappa shape index (κ2) is 14.9. The van der Waals surface area contributed by atoms with Gasteiger partial charge in [-0.25, -0.2) is 9.29 Å². The zero-order chi connectivity index (χ0) is 40.2. The van der Waals surface area contributed by atoms with Gasteiger partial charge in [0, 0.05) is 17.0 Å². The van der Waals surface area contributed by atoms with Crippen molar-refractivity contribution in [1.29, 1.82) is 0 Å². The first kappa shape index (κ1) is 38.1. The highest BCUT2D eigenvalue weighted by atomic mass is 35.5. The van der Waals surface area contributed by atoms with Crippen LogP contribution in [0.25, 0.3) is 12.2 Å². The Labute approximate surface area is 334 Å². The van der Waals surface area contributed by atoms with Crippen LogP contribution >= 0.6 is 11.6 Å². The molecule has 1 N–H and O–H groups in total. The number of halogens is 2. The maximum atomic E-state index is 14.8. The third-order valence-corrected chi connectivity index (χ3v) is 12.3. The maximum absolute atomic E-state index is 14.8. The van der Waals surface area contributed by atoms with E-state index in [0.29, 0.717) is 28.5 Å². The molecule has 2 aliphatic carbocycles. The Hall–Kier alpha value is -5.78. The SMILES string of the molecule is COc1ccc(OC)c(C=Cc2ccc(N3C(=O)C4CC=C5C(CC6C(=O)N(c7ccc(F)c(Cl)c7)C(=O)C6(C)C5c5ccccc5OCCO)C4C3=O)cc2)c1. The highest BCUT2D eigenvalue weighted by Crippen LogP contribution is 2.64. The van der Waals surface area contributed by atoms with Crippen LogP contribution in [0.4, 0.5) is 15.8 Å². The molecule has 4 amide bonds. The van der Waals surface area contributed by atoms with Crippen LogP contribution in [-0.4, -0.2) is 56.2 Å². The number of carbonyl (C=O) groups is 4. The van der Waals surface area contributed by atoms with Crippen LogP contribution in [0.5, 0.6) is 17.2 Å². The third kappa shape index (κ3) is 6.20. The lowest BCUT2D eigenvalue weighted by Crippen LogP contribution is -2.49. The van der Waals surface area contributed by atoms with Crippen molar-refractivity contribution in [2.45, 2.75) is 25.7 Å². The van der Waals surface area contributed by atoms with Crippen LogP contribution in [0.2, 0.25) is 5.02 Å². The quantitative estimate of drug-likeness (QED) is 0.0998. The highest BCUT2D eigenvalue weighted by Gasteiger charge is 2.68. The number of hydrogen-bond donors (Lipinski definition) is 1. The van der Waals surface area contributed by atoms with Crippen molar-refractivity contribution in [3.63, 3.8) is 0 Å². The average Bonchev–Trinajstić information content (AvgIpc) is 3.59. The van der Waals surface area contributed by atoms with Gasteiger partial charge in [0.1, 0.15) is 29.7 Å². The van der Waals surface area contributed by atoms with Crippen LogP contribution < -0.4 is 24.0 Å². The zero-order valence-electron chi connectivity index (χ0n) is 31.5. The van der Waals surface area contributed by atoms with E-state index >= 15 is 0 Å². The Morgan fingerprint density at radius 1 is 0.842 bits per heavy atom. The Balaban J connectivity index is 1.15. The summed E-state index contributed by atoms with van der Waals surface area (Å²) in [5.41, 5.74) is 2.28. The number of ether oxygens (including phenoxy) is 3. The van der Waals surface area contributed by atoms with Crippen LogP contribution in [0.15, 0.2) is 96.6 Å². The summed E-state index contributed by atoms with van der Waals surface area (Å²) in [5.74, 6) is -4.22. The van der Waals surface area contributed by atoms with Crippen LogP contribution in [0.1, 0.15) is 42.4 Å². The summed E-state index contributed by atoms with van der Waals surface area (Å²) < 4.78 is 31.1. The molecule has 57 heavy (non-hydrogen) atoms. The lowest BCUT2D eigenvalue weighted by atomic mass is 9.51. The Morgan fingerprint density at radius 2 is 1.60 bits per heavy atom. The van der Waals surface area contributed by atoms with Crippen molar-refractivity contribution in [3.05, 3.63) is 124 Å². The van der Waals surface area contributed by atoms with E-state index in [9.17, 15) is 28.7 Å². The number of carbonyl (C=O) groups excluding carboxylic acids is 4. The highest BCUT2D eigenvalue weighted by molar-refractivity contribution is 6.32. The van der Waals surface area contributed by atoms with Crippen molar-refractivity contribution in [2.75, 3.05) is 37.2 Å². The normalized spacial score (nSPS) is 25.4. The minimum atomic E-state index is -1.35. The van der Waals surface area contributed by atoms with E-state index in [0.717, 1.165) is 27.7 Å². The van der Waals surface area contributed by atoms with Crippen LogP contribution in [0.3, 0.4) is 0 Å². The fourth-order valence-electron chi connectivity index (χ4n) is 9.38. The summed E-state index contributed by atoms with van der Waals surface area (Å²) in [7, 11) is 3.19. The van der Waals surface area contributed by atoms with Gasteiger partial charge in [-0.15, -0.1) is 0 Å². The standard InChI is InChI=1S/C45H40ClFN2O8/c1-45-34(42(52)49(44(45)54)28-14-18-36(47)35(46)23-28)24-33-30(40(45)31-6-4-5-7-38(31)57-21-20-50)16-17-32-39(33)43(53)48(41(32)51)27-12-9-25(10-13-27)8-11-26-22-29(55-2)15-19-37(26)56-3/h4-16,18-19,22-23,32-34,39-40,50H,17,20-21,24H2,1-3H3. The Morgan fingerprint density at radius 3 is 2.32 bits per heavy atom. The number of hydrogen-bond acceptors (Lipinski definition) is 8. The van der Waals surface area contributed by atoms with E-state index in [2.05, 4.69) is 0 Å². The van der Waals surface area contributed by atoms with E-state index in [1.807, 2.05) is 60.7 Å². The lowest BCUT2D eigenvalue weighted by molar-refractivity contribution is -0.131. The predicted molar refractivity (Wildman–Crippen MR) is 212 cm³/mol. The topological polar surface area (TPSA) is 123 Å². The number of fused-ring (bicyclic) bond motifs is 4. The molecule has 0 spiro atoms. The molecule has 2 saturated heterocycles. The number of amides is 4. The van der Waals surface area contributed by atoms with Gasteiger partial charge in [0.2, 0.25) is 23.6 Å². The summed E-state index contributed by atoms with van der Waals surface area (Å²) in [6.07, 6.45) is 6.16. The minimum absolute atomic E-state index is 0.00411. The second-order valence-electron chi connectivity index (χ2n) is 14.9. The molecule has 8 rings (SSSR count). The fourth-order valence-corrected chi connectivity index (χ4v) is 9.56. The Bertz CT molecular complexity index is 2360. The van der Waals surface area contributed by atoms with Crippen molar-refractivity contribution in [1.82, 2.24) is 0 Å². The van der Waals surface area contributed by atoms with Crippen LogP contribution in [0, 0.1) is 34.9 Å². The lowest BCUT2D eigenvalue weighted by Gasteiger charge is -2.49. The molecule has 4 aromatic rings. The minimum Gasteiger partial charge on any atom is -0.497 e. The van der Waals surface area contributed by atoms with E-state index in [1.54, 1.807) is 45.4 Å². The largest absolute Gasteiger partial charge is 0.497 e. The number of allylic oxidation sites excluding steroid dienone is 2. The molecule has 4 aliphatic rings. The Kier molecular flexibility index (Phi) is 9.99. The number of nitrogens with zero attached hydrogens (tertiary/aromatic N) is 2. The first-order chi connectivity index (χ1) is 27.5. The summed E-state index contributed by atoms with van der Waals surface area (Å²) >= 11 is 6.14. The maximum Gasteiger partial charge on any atom is 0.241 e. The number of para-hydroxylation sites is 1. The monoisotopic (exact) mass is 790 g/mol. The first-order valence-electron chi connectivity index (χ1n) is 18.8. The van der Waals surface area contributed by atoms with Gasteiger partial charge >= 0.3 is 0 Å². The third-order valence-electron chi connectivity index (χ3n) is 12.1. The van der Waals surface area contributed by atoms with Gasteiger partial charge in [-0.3, -0.25) is 24.1 Å². The van der Waals surface area contributed by atoms with Crippen molar-refractivity contribution < 1.29 is 42.9 Å². The first-order valence-corrected chi connectivity index (χ1v) is 19.1. The van der Waals surface area contributed by atoms with Crippen molar-refractivity contribution in [2.24, 2.45) is 29.1 Å². The molecular formula is C45H40ClFN2O8. The molecular weight excluding hydrogens is 751 g/mol. The number of aliphatic hydroxyl groups excluding tert-OH is 1. The molecule has 1 saturated carbocycles. The number of benzene rings is 4. The molecule has 4 aromatic carbocycles. The van der Waals surface area contributed by atoms with Gasteiger partial charge in [-0.2, -0.15) is 0 Å². The molecule has 0 radical (unpaired) electrons. The van der Waals surface area contributed by atoms with Gasteiger partial charge < -0.3 is 19.3 Å². The van der Waals surface area contributed by atoms with E-state index in [1.165, 1.54) is 17.0 Å². The molecule has 6 unspecified atom stereocenters. The summed E-state index contributed by atoms with van der Waals surface area (Å²) in [6, 6.07) is 23.5. The molecule has 0 bridgehead atoms. The van der Waals surface area contributed by atoms with E-state index in [4.69, 9.17) is 25.8 Å². The summed E-state index contributed by atoms with van der Waals surface area (Å²) in [4.78, 5) is 60.4. The fraction of sp³-hybridized carbons (Fsp3) is 0.289.